The zero-order valence-electron chi connectivity index (χ0n) is 12.3. The minimum absolute atomic E-state index is 0.0482. The van der Waals surface area contributed by atoms with Crippen molar-refractivity contribution in [3.8, 4) is 0 Å². The van der Waals surface area contributed by atoms with Crippen molar-refractivity contribution in [3.05, 3.63) is 33.9 Å². The molecular formula is C16H22N2O3. The van der Waals surface area contributed by atoms with E-state index in [1.54, 1.807) is 6.07 Å². The molecule has 1 aliphatic carbocycles. The van der Waals surface area contributed by atoms with Crippen LogP contribution >= 0.6 is 0 Å². The summed E-state index contributed by atoms with van der Waals surface area (Å²) in [4.78, 5) is 12.7. The van der Waals surface area contributed by atoms with Gasteiger partial charge in [0.1, 0.15) is 0 Å². The molecule has 21 heavy (non-hydrogen) atoms. The van der Waals surface area contributed by atoms with Crippen LogP contribution in [0.1, 0.15) is 44.1 Å². The Hall–Kier alpha value is -1.62. The lowest BCUT2D eigenvalue weighted by Gasteiger charge is -2.41. The van der Waals surface area contributed by atoms with E-state index in [4.69, 9.17) is 0 Å². The van der Waals surface area contributed by atoms with Crippen molar-refractivity contribution in [1.82, 2.24) is 0 Å². The van der Waals surface area contributed by atoms with Gasteiger partial charge in [-0.2, -0.15) is 0 Å². The number of piperidine rings is 1. The Labute approximate surface area is 124 Å². The van der Waals surface area contributed by atoms with Crippen molar-refractivity contribution in [2.24, 2.45) is 5.41 Å². The minimum Gasteiger partial charge on any atom is -0.392 e. The fourth-order valence-electron chi connectivity index (χ4n) is 3.97. The Balaban J connectivity index is 1.77. The number of hydrogen-bond acceptors (Lipinski definition) is 4. The van der Waals surface area contributed by atoms with Crippen molar-refractivity contribution in [2.45, 2.75) is 45.1 Å². The highest BCUT2D eigenvalue weighted by Gasteiger charge is 2.37. The molecule has 1 saturated heterocycles. The highest BCUT2D eigenvalue weighted by molar-refractivity contribution is 5.58. The van der Waals surface area contributed by atoms with Gasteiger partial charge in [-0.3, -0.25) is 10.1 Å². The van der Waals surface area contributed by atoms with Crippen molar-refractivity contribution in [1.29, 1.82) is 0 Å². The van der Waals surface area contributed by atoms with Crippen molar-refractivity contribution in [3.63, 3.8) is 0 Å². The van der Waals surface area contributed by atoms with Crippen LogP contribution in [0, 0.1) is 15.5 Å². The summed E-state index contributed by atoms with van der Waals surface area (Å²) in [5.41, 5.74) is 2.21. The average molecular weight is 290 g/mol. The predicted octanol–water partition coefficient (Wildman–Crippen LogP) is 3.25. The van der Waals surface area contributed by atoms with E-state index in [1.807, 2.05) is 0 Å². The van der Waals surface area contributed by atoms with E-state index < -0.39 is 4.92 Å². The molecule has 0 aromatic heterocycles. The van der Waals surface area contributed by atoms with Gasteiger partial charge in [0.25, 0.3) is 5.69 Å². The Bertz CT molecular complexity index is 528. The van der Waals surface area contributed by atoms with Gasteiger partial charge in [0.15, 0.2) is 0 Å². The average Bonchev–Trinajstić information content (AvgIpc) is 2.95. The molecule has 1 N–H and O–H groups in total. The summed E-state index contributed by atoms with van der Waals surface area (Å²) < 4.78 is 0. The van der Waals surface area contributed by atoms with Gasteiger partial charge in [-0.25, -0.2) is 0 Å². The Morgan fingerprint density at radius 3 is 2.43 bits per heavy atom. The summed E-state index contributed by atoms with van der Waals surface area (Å²) in [6.07, 6.45) is 7.84. The number of anilines is 1. The van der Waals surface area contributed by atoms with E-state index >= 15 is 0 Å². The highest BCUT2D eigenvalue weighted by atomic mass is 16.6. The van der Waals surface area contributed by atoms with Crippen LogP contribution < -0.4 is 4.90 Å². The topological polar surface area (TPSA) is 66.6 Å². The van der Waals surface area contributed by atoms with Gasteiger partial charge in [-0.15, -0.1) is 0 Å². The number of nitrogens with zero attached hydrogens (tertiary/aromatic N) is 2. The molecule has 114 valence electrons. The summed E-state index contributed by atoms with van der Waals surface area (Å²) in [6, 6.07) is 4.82. The summed E-state index contributed by atoms with van der Waals surface area (Å²) >= 11 is 0. The molecule has 1 heterocycles. The lowest BCUT2D eigenvalue weighted by Crippen LogP contribution is -2.39. The zero-order chi connectivity index (χ0) is 14.9. The van der Waals surface area contributed by atoms with Crippen molar-refractivity contribution >= 4 is 11.4 Å². The monoisotopic (exact) mass is 290 g/mol. The lowest BCUT2D eigenvalue weighted by molar-refractivity contribution is -0.384. The molecule has 1 aliphatic heterocycles. The predicted molar refractivity (Wildman–Crippen MR) is 81.4 cm³/mol. The smallest absolute Gasteiger partial charge is 0.269 e. The van der Waals surface area contributed by atoms with Gasteiger partial charge in [0.05, 0.1) is 11.5 Å². The maximum absolute atomic E-state index is 10.8. The van der Waals surface area contributed by atoms with E-state index in [2.05, 4.69) is 4.90 Å². The first kappa shape index (κ1) is 14.3. The van der Waals surface area contributed by atoms with Gasteiger partial charge >= 0.3 is 0 Å². The maximum atomic E-state index is 10.8. The molecule has 1 aromatic carbocycles. The van der Waals surface area contributed by atoms with Crippen LogP contribution in [-0.2, 0) is 6.61 Å². The number of nitro benzene ring substituents is 1. The largest absolute Gasteiger partial charge is 0.392 e. The molecule has 2 aliphatic rings. The summed E-state index contributed by atoms with van der Waals surface area (Å²) in [6.45, 7) is 1.83. The SMILES string of the molecule is O=[N+]([O-])c1ccc(N2CCC3(CCCC3)CC2)c(CO)c1. The summed E-state index contributed by atoms with van der Waals surface area (Å²) in [5, 5.41) is 20.3. The number of benzene rings is 1. The third kappa shape index (κ3) is 2.75. The first-order chi connectivity index (χ1) is 10.1. The second kappa shape index (κ2) is 5.64. The normalized spacial score (nSPS) is 20.9. The standard InChI is InChI=1S/C16H22N2O3/c19-12-13-11-14(18(20)21)3-4-15(13)17-9-7-16(8-10-17)5-1-2-6-16/h3-4,11,19H,1-2,5-10,12H2. The summed E-state index contributed by atoms with van der Waals surface area (Å²) in [7, 11) is 0. The molecule has 5 heteroatoms. The minimum atomic E-state index is -0.410. The molecule has 0 unspecified atom stereocenters. The molecule has 3 rings (SSSR count). The van der Waals surface area contributed by atoms with Crippen LogP contribution in [-0.4, -0.2) is 23.1 Å². The number of rotatable bonds is 3. The molecule has 5 nitrogen and oxygen atoms in total. The van der Waals surface area contributed by atoms with Gasteiger partial charge in [0.2, 0.25) is 0 Å². The fraction of sp³-hybridized carbons (Fsp3) is 0.625. The van der Waals surface area contributed by atoms with Gasteiger partial charge in [-0.1, -0.05) is 12.8 Å². The van der Waals surface area contributed by atoms with Gasteiger partial charge in [-0.05, 0) is 37.2 Å². The second-order valence-electron chi connectivity index (χ2n) is 6.42. The molecule has 0 amide bonds. The third-order valence-electron chi connectivity index (χ3n) is 5.27. The van der Waals surface area contributed by atoms with E-state index in [9.17, 15) is 15.2 Å². The van der Waals surface area contributed by atoms with Crippen LogP contribution in [0.25, 0.3) is 0 Å². The Kier molecular flexibility index (Phi) is 3.85. The molecule has 1 saturated carbocycles. The van der Waals surface area contributed by atoms with Crippen LogP contribution in [0.3, 0.4) is 0 Å². The van der Waals surface area contributed by atoms with Crippen LogP contribution in [0.4, 0.5) is 11.4 Å². The van der Waals surface area contributed by atoms with E-state index in [0.29, 0.717) is 11.0 Å². The molecule has 1 spiro atoms. The fourth-order valence-corrected chi connectivity index (χ4v) is 3.97. The van der Waals surface area contributed by atoms with Crippen LogP contribution in [0.15, 0.2) is 18.2 Å². The first-order valence-electron chi connectivity index (χ1n) is 7.77. The molecule has 2 fully saturated rings. The number of nitro groups is 1. The summed E-state index contributed by atoms with van der Waals surface area (Å²) in [5.74, 6) is 0. The number of aliphatic hydroxyl groups excluding tert-OH is 1. The molecule has 0 atom stereocenters. The Morgan fingerprint density at radius 1 is 1.19 bits per heavy atom. The zero-order valence-corrected chi connectivity index (χ0v) is 12.3. The van der Waals surface area contributed by atoms with E-state index in [-0.39, 0.29) is 12.3 Å². The number of hydrogen-bond donors (Lipinski definition) is 1. The quantitative estimate of drug-likeness (QED) is 0.685. The highest BCUT2D eigenvalue weighted by Crippen LogP contribution is 2.47. The molecule has 0 radical (unpaired) electrons. The van der Waals surface area contributed by atoms with Gasteiger partial charge in [0, 0.05) is 36.5 Å². The Morgan fingerprint density at radius 2 is 1.86 bits per heavy atom. The maximum Gasteiger partial charge on any atom is 0.269 e. The number of aliphatic hydroxyl groups is 1. The van der Waals surface area contributed by atoms with Crippen molar-refractivity contribution in [2.75, 3.05) is 18.0 Å². The molecule has 0 bridgehead atoms. The van der Waals surface area contributed by atoms with Gasteiger partial charge < -0.3 is 10.0 Å². The van der Waals surface area contributed by atoms with Crippen molar-refractivity contribution < 1.29 is 10.0 Å². The molecular weight excluding hydrogens is 268 g/mol. The first-order valence-corrected chi connectivity index (χ1v) is 7.77. The van der Waals surface area contributed by atoms with Crippen LogP contribution in [0.5, 0.6) is 0 Å². The number of non-ortho nitro benzene ring substituents is 1. The molecule has 1 aromatic rings. The van der Waals surface area contributed by atoms with Crippen LogP contribution in [0.2, 0.25) is 0 Å². The van der Waals surface area contributed by atoms with E-state index in [0.717, 1.165) is 18.8 Å². The lowest BCUT2D eigenvalue weighted by atomic mass is 9.77. The van der Waals surface area contributed by atoms with E-state index in [1.165, 1.54) is 50.7 Å². The third-order valence-corrected chi connectivity index (χ3v) is 5.27. The second-order valence-corrected chi connectivity index (χ2v) is 6.42.